The van der Waals surface area contributed by atoms with E-state index >= 15 is 0 Å². The smallest absolute Gasteiger partial charge is 0.387 e. The number of aryl methyl sites for hydroxylation is 1. The molecule has 2 aromatic carbocycles. The molecule has 1 fully saturated rings. The third-order valence-electron chi connectivity index (χ3n) is 4.57. The van der Waals surface area contributed by atoms with E-state index < -0.39 is 6.61 Å². The Morgan fingerprint density at radius 2 is 1.82 bits per heavy atom. The van der Waals surface area contributed by atoms with Gasteiger partial charge in [0.2, 0.25) is 0 Å². The number of hydrogen-bond donors (Lipinski definition) is 1. The van der Waals surface area contributed by atoms with E-state index in [1.54, 1.807) is 12.1 Å². The molecule has 1 aliphatic heterocycles. The number of nitrogens with one attached hydrogen (secondary N) is 1. The van der Waals surface area contributed by atoms with Gasteiger partial charge in [0.05, 0.1) is 5.69 Å². The summed E-state index contributed by atoms with van der Waals surface area (Å²) >= 11 is 11.4. The molecule has 1 aliphatic rings. The van der Waals surface area contributed by atoms with Crippen molar-refractivity contribution in [2.75, 3.05) is 31.5 Å². The SMILES string of the molecule is Cc1ccc(NC(=S)N2CCN(Cc3ccc(Cl)cc3)CC2)c(OC(F)F)c1. The predicted molar refractivity (Wildman–Crippen MR) is 112 cm³/mol. The van der Waals surface area contributed by atoms with Crippen molar-refractivity contribution in [2.24, 2.45) is 0 Å². The van der Waals surface area contributed by atoms with Gasteiger partial charge < -0.3 is 15.0 Å². The second-order valence-electron chi connectivity index (χ2n) is 6.70. The van der Waals surface area contributed by atoms with Crippen LogP contribution in [0.4, 0.5) is 14.5 Å². The van der Waals surface area contributed by atoms with Crippen LogP contribution in [0.2, 0.25) is 5.02 Å². The van der Waals surface area contributed by atoms with Crippen LogP contribution in [0.5, 0.6) is 5.75 Å². The van der Waals surface area contributed by atoms with Gasteiger partial charge in [-0.3, -0.25) is 4.90 Å². The summed E-state index contributed by atoms with van der Waals surface area (Å²) < 4.78 is 29.9. The van der Waals surface area contributed by atoms with E-state index in [9.17, 15) is 8.78 Å². The maximum absolute atomic E-state index is 12.7. The van der Waals surface area contributed by atoms with Crippen LogP contribution in [0.1, 0.15) is 11.1 Å². The molecule has 0 bridgehead atoms. The fourth-order valence-electron chi connectivity index (χ4n) is 3.08. The van der Waals surface area contributed by atoms with Crippen LogP contribution in [0.3, 0.4) is 0 Å². The number of benzene rings is 2. The molecule has 1 heterocycles. The largest absolute Gasteiger partial charge is 0.433 e. The Bertz CT molecular complexity index is 812. The summed E-state index contributed by atoms with van der Waals surface area (Å²) in [5.41, 5.74) is 2.49. The highest BCUT2D eigenvalue weighted by molar-refractivity contribution is 7.80. The van der Waals surface area contributed by atoms with Crippen molar-refractivity contribution < 1.29 is 13.5 Å². The first-order valence-corrected chi connectivity index (χ1v) is 9.77. The number of thiocarbonyl (C=S) groups is 1. The number of hydrogen-bond acceptors (Lipinski definition) is 3. The molecule has 1 saturated heterocycles. The number of ether oxygens (including phenoxy) is 1. The maximum Gasteiger partial charge on any atom is 0.387 e. The van der Waals surface area contributed by atoms with Crippen LogP contribution >= 0.6 is 23.8 Å². The van der Waals surface area contributed by atoms with Gasteiger partial charge in [-0.25, -0.2) is 0 Å². The minimum absolute atomic E-state index is 0.0960. The molecule has 28 heavy (non-hydrogen) atoms. The van der Waals surface area contributed by atoms with Gasteiger partial charge in [-0.05, 0) is 54.5 Å². The van der Waals surface area contributed by atoms with Crippen molar-refractivity contribution in [3.05, 3.63) is 58.6 Å². The van der Waals surface area contributed by atoms with E-state index in [4.69, 9.17) is 23.8 Å². The first kappa shape index (κ1) is 20.8. The Kier molecular flexibility index (Phi) is 7.04. The van der Waals surface area contributed by atoms with Gasteiger partial charge in [0.25, 0.3) is 0 Å². The molecule has 0 radical (unpaired) electrons. The fourth-order valence-corrected chi connectivity index (χ4v) is 3.50. The van der Waals surface area contributed by atoms with Gasteiger partial charge in [0.1, 0.15) is 5.75 Å². The molecule has 150 valence electrons. The van der Waals surface area contributed by atoms with Crippen LogP contribution in [-0.4, -0.2) is 47.7 Å². The Hall–Kier alpha value is -1.96. The summed E-state index contributed by atoms with van der Waals surface area (Å²) in [5.74, 6) is 0.0960. The summed E-state index contributed by atoms with van der Waals surface area (Å²) in [4.78, 5) is 4.39. The number of rotatable bonds is 5. The zero-order valence-electron chi connectivity index (χ0n) is 15.5. The van der Waals surface area contributed by atoms with E-state index in [0.717, 1.165) is 43.3 Å². The molecule has 0 amide bonds. The number of nitrogens with zero attached hydrogens (tertiary/aromatic N) is 2. The lowest BCUT2D eigenvalue weighted by atomic mass is 10.2. The van der Waals surface area contributed by atoms with Crippen molar-refractivity contribution >= 4 is 34.6 Å². The molecule has 0 unspecified atom stereocenters. The molecule has 0 saturated carbocycles. The molecule has 2 aromatic rings. The highest BCUT2D eigenvalue weighted by atomic mass is 35.5. The predicted octanol–water partition coefficient (Wildman–Crippen LogP) is 4.76. The van der Waals surface area contributed by atoms with E-state index in [2.05, 4.69) is 15.0 Å². The maximum atomic E-state index is 12.7. The van der Waals surface area contributed by atoms with Crippen molar-refractivity contribution in [2.45, 2.75) is 20.1 Å². The first-order valence-electron chi connectivity index (χ1n) is 8.99. The summed E-state index contributed by atoms with van der Waals surface area (Å²) in [6.45, 7) is 3.03. The van der Waals surface area contributed by atoms with Gasteiger partial charge in [0, 0.05) is 37.7 Å². The number of halogens is 3. The molecule has 1 N–H and O–H groups in total. The summed E-state index contributed by atoms with van der Waals surface area (Å²) in [7, 11) is 0. The molecule has 3 rings (SSSR count). The number of anilines is 1. The topological polar surface area (TPSA) is 27.7 Å². The first-order chi connectivity index (χ1) is 13.4. The summed E-state index contributed by atoms with van der Waals surface area (Å²) in [5, 5.41) is 4.29. The minimum atomic E-state index is -2.88. The lowest BCUT2D eigenvalue weighted by Crippen LogP contribution is -2.49. The lowest BCUT2D eigenvalue weighted by molar-refractivity contribution is -0.0493. The van der Waals surface area contributed by atoms with Crippen molar-refractivity contribution in [3.63, 3.8) is 0 Å². The average molecular weight is 426 g/mol. The van der Waals surface area contributed by atoms with Gasteiger partial charge >= 0.3 is 6.61 Å². The van der Waals surface area contributed by atoms with Gasteiger partial charge in [-0.1, -0.05) is 29.8 Å². The second-order valence-corrected chi connectivity index (χ2v) is 7.52. The lowest BCUT2D eigenvalue weighted by Gasteiger charge is -2.36. The van der Waals surface area contributed by atoms with Gasteiger partial charge in [0.15, 0.2) is 5.11 Å². The third kappa shape index (κ3) is 5.77. The normalized spacial score (nSPS) is 15.0. The van der Waals surface area contributed by atoms with E-state index in [1.807, 2.05) is 42.2 Å². The Morgan fingerprint density at radius 1 is 1.14 bits per heavy atom. The summed E-state index contributed by atoms with van der Waals surface area (Å²) in [6, 6.07) is 13.0. The molecular formula is C20H22ClF2N3OS. The molecular weight excluding hydrogens is 404 g/mol. The van der Waals surface area contributed by atoms with Gasteiger partial charge in [-0.15, -0.1) is 0 Å². The highest BCUT2D eigenvalue weighted by Crippen LogP contribution is 2.28. The molecule has 8 heteroatoms. The molecule has 0 atom stereocenters. The zero-order valence-corrected chi connectivity index (χ0v) is 17.1. The fraction of sp³-hybridized carbons (Fsp3) is 0.350. The number of alkyl halides is 2. The molecule has 0 spiro atoms. The van der Waals surface area contributed by atoms with Gasteiger partial charge in [-0.2, -0.15) is 8.78 Å². The third-order valence-corrected chi connectivity index (χ3v) is 5.19. The number of piperazine rings is 1. The standard InChI is InChI=1S/C20H22ClF2N3OS/c1-14-2-7-17(18(12-14)27-19(22)23)24-20(28)26-10-8-25(9-11-26)13-15-3-5-16(21)6-4-15/h2-7,12,19H,8-11,13H2,1H3,(H,24,28). The second kappa shape index (κ2) is 9.49. The van der Waals surface area contributed by atoms with Crippen molar-refractivity contribution in [1.29, 1.82) is 0 Å². The van der Waals surface area contributed by atoms with Crippen molar-refractivity contribution in [1.82, 2.24) is 9.80 Å². The van der Waals surface area contributed by atoms with Crippen LogP contribution in [-0.2, 0) is 6.54 Å². The van der Waals surface area contributed by atoms with E-state index in [1.165, 1.54) is 5.56 Å². The Labute approximate surface area is 174 Å². The monoisotopic (exact) mass is 425 g/mol. The minimum Gasteiger partial charge on any atom is -0.433 e. The van der Waals surface area contributed by atoms with Crippen LogP contribution in [0.25, 0.3) is 0 Å². The van der Waals surface area contributed by atoms with Crippen LogP contribution in [0, 0.1) is 6.92 Å². The average Bonchev–Trinajstić information content (AvgIpc) is 2.66. The molecule has 0 aromatic heterocycles. The Balaban J connectivity index is 1.55. The molecule has 0 aliphatic carbocycles. The zero-order chi connectivity index (χ0) is 20.1. The molecule has 4 nitrogen and oxygen atoms in total. The van der Waals surface area contributed by atoms with Crippen LogP contribution in [0.15, 0.2) is 42.5 Å². The highest BCUT2D eigenvalue weighted by Gasteiger charge is 2.20. The van der Waals surface area contributed by atoms with E-state index in [0.29, 0.717) is 10.8 Å². The Morgan fingerprint density at radius 3 is 2.46 bits per heavy atom. The quantitative estimate of drug-likeness (QED) is 0.697. The van der Waals surface area contributed by atoms with Crippen molar-refractivity contribution in [3.8, 4) is 5.75 Å². The van der Waals surface area contributed by atoms with Crippen LogP contribution < -0.4 is 10.1 Å². The van der Waals surface area contributed by atoms with E-state index in [-0.39, 0.29) is 5.75 Å². The summed E-state index contributed by atoms with van der Waals surface area (Å²) in [6.07, 6.45) is 0.